The molecule has 1 aromatic heterocycles. The Morgan fingerprint density at radius 1 is 1.03 bits per heavy atom. The van der Waals surface area contributed by atoms with Gasteiger partial charge in [-0.1, -0.05) is 49.6 Å². The molecule has 196 valence electrons. The van der Waals surface area contributed by atoms with Crippen molar-refractivity contribution < 1.29 is 14.7 Å². The molecule has 2 N–H and O–H groups in total. The first-order valence-electron chi connectivity index (χ1n) is 13.8. The Morgan fingerprint density at radius 3 is 2.49 bits per heavy atom. The van der Waals surface area contributed by atoms with Crippen molar-refractivity contribution in [3.05, 3.63) is 59.7 Å². The zero-order chi connectivity index (χ0) is 25.9. The van der Waals surface area contributed by atoms with Crippen molar-refractivity contribution in [2.24, 2.45) is 5.92 Å². The lowest BCUT2D eigenvalue weighted by atomic mass is 9.81. The Bertz CT molecular complexity index is 1260. The van der Waals surface area contributed by atoms with Gasteiger partial charge in [-0.15, -0.1) is 0 Å². The molecule has 2 aliphatic rings. The fraction of sp³-hybridized carbons (Fsp3) is 0.484. The molecule has 0 spiro atoms. The highest BCUT2D eigenvalue weighted by molar-refractivity contribution is 5.99. The molecule has 6 heteroatoms. The molecule has 2 atom stereocenters. The minimum absolute atomic E-state index is 0.00677. The number of carboxylic acids is 1. The maximum Gasteiger partial charge on any atom is 0.335 e. The largest absolute Gasteiger partial charge is 0.478 e. The van der Waals surface area contributed by atoms with Crippen molar-refractivity contribution in [3.63, 3.8) is 0 Å². The predicted molar refractivity (Wildman–Crippen MR) is 148 cm³/mol. The van der Waals surface area contributed by atoms with Crippen LogP contribution in [0, 0.1) is 5.92 Å². The van der Waals surface area contributed by atoms with E-state index in [1.807, 2.05) is 30.3 Å². The van der Waals surface area contributed by atoms with Gasteiger partial charge in [-0.2, -0.15) is 0 Å². The van der Waals surface area contributed by atoms with Gasteiger partial charge in [0.05, 0.1) is 11.3 Å². The Morgan fingerprint density at radius 2 is 1.78 bits per heavy atom. The summed E-state index contributed by atoms with van der Waals surface area (Å²) in [7, 11) is 2.15. The minimum atomic E-state index is -0.922. The Labute approximate surface area is 219 Å². The number of hydrogen-bond acceptors (Lipinski definition) is 3. The first-order chi connectivity index (χ1) is 17.9. The van der Waals surface area contributed by atoms with E-state index < -0.39 is 5.97 Å². The van der Waals surface area contributed by atoms with Crippen molar-refractivity contribution in [1.82, 2.24) is 14.8 Å². The molecule has 1 aliphatic heterocycles. The van der Waals surface area contributed by atoms with E-state index in [4.69, 9.17) is 0 Å². The first-order valence-corrected chi connectivity index (χ1v) is 13.8. The summed E-state index contributed by atoms with van der Waals surface area (Å²) in [6.45, 7) is 4.47. The van der Waals surface area contributed by atoms with Gasteiger partial charge in [0, 0.05) is 23.5 Å². The van der Waals surface area contributed by atoms with Crippen LogP contribution >= 0.6 is 0 Å². The molecule has 37 heavy (non-hydrogen) atoms. The highest BCUT2D eigenvalue weighted by atomic mass is 16.4. The second-order valence-electron chi connectivity index (χ2n) is 11.1. The van der Waals surface area contributed by atoms with Crippen LogP contribution < -0.4 is 5.32 Å². The number of carboxylic acid groups (broad SMARTS) is 1. The topological polar surface area (TPSA) is 74.6 Å². The number of nitrogens with one attached hydrogen (secondary N) is 1. The molecule has 2 unspecified atom stereocenters. The predicted octanol–water partition coefficient (Wildman–Crippen LogP) is 5.90. The zero-order valence-electron chi connectivity index (χ0n) is 22.1. The summed E-state index contributed by atoms with van der Waals surface area (Å²) in [6.07, 6.45) is 8.09. The van der Waals surface area contributed by atoms with Crippen LogP contribution in [-0.2, 0) is 11.3 Å². The normalized spacial score (nSPS) is 20.1. The number of nitrogens with zero attached hydrogens (tertiary/aromatic N) is 2. The summed E-state index contributed by atoms with van der Waals surface area (Å²) in [6, 6.07) is 15.8. The van der Waals surface area contributed by atoms with Gasteiger partial charge in [0.1, 0.15) is 6.54 Å². The monoisotopic (exact) mass is 501 g/mol. The summed E-state index contributed by atoms with van der Waals surface area (Å²) in [5.74, 6) is -0.105. The summed E-state index contributed by atoms with van der Waals surface area (Å²) in [5, 5.41) is 14.0. The minimum Gasteiger partial charge on any atom is -0.478 e. The second-order valence-corrected chi connectivity index (χ2v) is 11.1. The quantitative estimate of drug-likeness (QED) is 0.423. The van der Waals surface area contributed by atoms with E-state index in [-0.39, 0.29) is 18.5 Å². The molecule has 1 aliphatic carbocycles. The summed E-state index contributed by atoms with van der Waals surface area (Å²) in [4.78, 5) is 27.7. The molecule has 1 saturated heterocycles. The SMILES string of the molecule is CC(NC(=O)Cn1c(-c2ccccc2)c(C2CCCCC2)c2cc(C(=O)O)ccc21)C1CCCN(C)C1. The standard InChI is InChI=1S/C31H39N3O3/c1-21(25-14-9-17-33(2)19-25)32-28(35)20-34-27-16-15-24(31(36)37)18-26(27)29(22-10-5-3-6-11-22)30(34)23-12-7-4-8-13-23/h4,7-8,12-13,15-16,18,21-22,25H,3,5-6,9-11,14,17,19-20H2,1-2H3,(H,32,35)(H,36,37). The summed E-state index contributed by atoms with van der Waals surface area (Å²) >= 11 is 0. The van der Waals surface area contributed by atoms with E-state index in [0.717, 1.165) is 54.5 Å². The highest BCUT2D eigenvalue weighted by Crippen LogP contribution is 2.44. The Balaban J connectivity index is 1.57. The van der Waals surface area contributed by atoms with Gasteiger partial charge in [0.15, 0.2) is 0 Å². The molecule has 2 fully saturated rings. The molecule has 1 amide bonds. The number of likely N-dealkylation sites (tertiary alicyclic amines) is 1. The first kappa shape index (κ1) is 25.5. The fourth-order valence-electron chi connectivity index (χ4n) is 6.57. The van der Waals surface area contributed by atoms with Gasteiger partial charge in [0.2, 0.25) is 5.91 Å². The number of aromatic carboxylic acids is 1. The third-order valence-electron chi connectivity index (χ3n) is 8.47. The number of piperidine rings is 1. The fourth-order valence-corrected chi connectivity index (χ4v) is 6.57. The maximum absolute atomic E-state index is 13.5. The molecule has 3 aromatic rings. The second kappa shape index (κ2) is 11.1. The van der Waals surface area contributed by atoms with Crippen molar-refractivity contribution in [1.29, 1.82) is 0 Å². The van der Waals surface area contributed by atoms with Crippen LogP contribution in [0.2, 0.25) is 0 Å². The average Bonchev–Trinajstić information content (AvgIpc) is 3.22. The van der Waals surface area contributed by atoms with E-state index in [0.29, 0.717) is 17.4 Å². The summed E-state index contributed by atoms with van der Waals surface area (Å²) < 4.78 is 2.13. The Kier molecular flexibility index (Phi) is 7.65. The van der Waals surface area contributed by atoms with Crippen LogP contribution in [0.4, 0.5) is 0 Å². The van der Waals surface area contributed by atoms with E-state index in [1.54, 1.807) is 6.07 Å². The van der Waals surface area contributed by atoms with Gasteiger partial charge < -0.3 is 19.9 Å². The number of rotatable bonds is 7. The van der Waals surface area contributed by atoms with Crippen molar-refractivity contribution >= 4 is 22.8 Å². The van der Waals surface area contributed by atoms with Crippen LogP contribution in [0.25, 0.3) is 22.2 Å². The number of fused-ring (bicyclic) bond motifs is 1. The van der Waals surface area contributed by atoms with Crippen molar-refractivity contribution in [2.45, 2.75) is 70.4 Å². The number of benzene rings is 2. The number of hydrogen-bond donors (Lipinski definition) is 2. The lowest BCUT2D eigenvalue weighted by Gasteiger charge is -2.33. The number of aromatic nitrogens is 1. The lowest BCUT2D eigenvalue weighted by Crippen LogP contribution is -2.45. The lowest BCUT2D eigenvalue weighted by molar-refractivity contribution is -0.122. The Hall–Kier alpha value is -3.12. The van der Waals surface area contributed by atoms with E-state index in [1.165, 1.54) is 31.2 Å². The number of carbonyl (C=O) groups excluding carboxylic acids is 1. The van der Waals surface area contributed by atoms with E-state index in [2.05, 4.69) is 40.9 Å². The molecule has 2 heterocycles. The van der Waals surface area contributed by atoms with Crippen molar-refractivity contribution in [2.75, 3.05) is 20.1 Å². The molecule has 5 rings (SSSR count). The molecule has 0 radical (unpaired) electrons. The molecule has 6 nitrogen and oxygen atoms in total. The van der Waals surface area contributed by atoms with Gasteiger partial charge in [0.25, 0.3) is 0 Å². The van der Waals surface area contributed by atoms with E-state index >= 15 is 0 Å². The zero-order valence-corrected chi connectivity index (χ0v) is 22.1. The van der Waals surface area contributed by atoms with Crippen LogP contribution in [0.15, 0.2) is 48.5 Å². The molecule has 1 saturated carbocycles. The molecular formula is C31H39N3O3. The molecule has 2 aromatic carbocycles. The van der Waals surface area contributed by atoms with Crippen LogP contribution in [0.5, 0.6) is 0 Å². The maximum atomic E-state index is 13.5. The number of carbonyl (C=O) groups is 2. The van der Waals surface area contributed by atoms with E-state index in [9.17, 15) is 14.7 Å². The van der Waals surface area contributed by atoms with Gasteiger partial charge in [-0.3, -0.25) is 4.79 Å². The number of amides is 1. The third kappa shape index (κ3) is 5.45. The van der Waals surface area contributed by atoms with Crippen molar-refractivity contribution in [3.8, 4) is 11.3 Å². The van der Waals surface area contributed by atoms with Gasteiger partial charge in [-0.05, 0) is 87.4 Å². The van der Waals surface area contributed by atoms with Gasteiger partial charge >= 0.3 is 5.97 Å². The van der Waals surface area contributed by atoms with Crippen LogP contribution in [0.1, 0.15) is 73.7 Å². The van der Waals surface area contributed by atoms with Crippen LogP contribution in [0.3, 0.4) is 0 Å². The van der Waals surface area contributed by atoms with Gasteiger partial charge in [-0.25, -0.2) is 4.79 Å². The smallest absolute Gasteiger partial charge is 0.335 e. The molecule has 0 bridgehead atoms. The highest BCUT2D eigenvalue weighted by Gasteiger charge is 2.29. The average molecular weight is 502 g/mol. The third-order valence-corrected chi connectivity index (χ3v) is 8.47. The van der Waals surface area contributed by atoms with Crippen LogP contribution in [-0.4, -0.2) is 52.6 Å². The summed E-state index contributed by atoms with van der Waals surface area (Å²) in [5.41, 5.74) is 4.57. The molecular weight excluding hydrogens is 462 g/mol.